The molecule has 3 rings (SSSR count). The van der Waals surface area contributed by atoms with Crippen molar-refractivity contribution in [3.05, 3.63) is 71.3 Å². The van der Waals surface area contributed by atoms with Crippen LogP contribution >= 0.6 is 24.4 Å². The second-order valence-electron chi connectivity index (χ2n) is 5.98. The largest absolute Gasteiger partial charge is 0.0778 e. The van der Waals surface area contributed by atoms with Crippen molar-refractivity contribution in [2.24, 2.45) is 0 Å². The topological polar surface area (TPSA) is 0 Å². The van der Waals surface area contributed by atoms with Gasteiger partial charge in [-0.1, -0.05) is 98.3 Å². The van der Waals surface area contributed by atoms with E-state index in [0.29, 0.717) is 0 Å². The van der Waals surface area contributed by atoms with Crippen LogP contribution in [0.15, 0.2) is 54.6 Å². The minimum absolute atomic E-state index is 0.734. The van der Waals surface area contributed by atoms with E-state index < -0.39 is 0 Å². The zero-order valence-corrected chi connectivity index (χ0v) is 14.3. The number of hydrogen-bond donors (Lipinski definition) is 0. The lowest BCUT2D eigenvalue weighted by atomic mass is 9.84. The van der Waals surface area contributed by atoms with E-state index in [-0.39, 0.29) is 0 Å². The van der Waals surface area contributed by atoms with E-state index in [0.717, 1.165) is 26.8 Å². The minimum atomic E-state index is 0.734. The summed E-state index contributed by atoms with van der Waals surface area (Å²) in [6, 6.07) is 18.8. The van der Waals surface area contributed by atoms with Gasteiger partial charge in [0.05, 0.1) is 9.73 Å². The molecule has 0 atom stereocenters. The number of hydrogen-bond acceptors (Lipinski definition) is 2. The number of thiocarbonyl (C=S) groups is 2. The van der Waals surface area contributed by atoms with Crippen LogP contribution in [-0.4, -0.2) is 9.73 Å². The Bertz CT molecular complexity index is 650. The van der Waals surface area contributed by atoms with Gasteiger partial charge in [0, 0.05) is 0 Å². The lowest BCUT2D eigenvalue weighted by molar-refractivity contribution is 0.443. The molecule has 2 aromatic carbocycles. The lowest BCUT2D eigenvalue weighted by Crippen LogP contribution is -2.12. The van der Waals surface area contributed by atoms with Crippen LogP contribution in [0, 0.1) is 0 Å². The Hall–Kier alpha value is -1.38. The fraction of sp³-hybridized carbons (Fsp3) is 0.300. The van der Waals surface area contributed by atoms with Gasteiger partial charge < -0.3 is 0 Å². The van der Waals surface area contributed by atoms with Gasteiger partial charge in [0.1, 0.15) is 0 Å². The molecule has 0 aliphatic heterocycles. The molecule has 2 heteroatoms. The van der Waals surface area contributed by atoms with Crippen LogP contribution in [-0.2, 0) is 0 Å². The van der Waals surface area contributed by atoms with Crippen molar-refractivity contribution in [2.45, 2.75) is 38.0 Å². The highest BCUT2D eigenvalue weighted by atomic mass is 32.1. The molecule has 0 heterocycles. The summed E-state index contributed by atoms with van der Waals surface area (Å²) in [6.45, 7) is 0. The van der Waals surface area contributed by atoms with Crippen molar-refractivity contribution in [3.8, 4) is 0 Å². The van der Waals surface area contributed by atoms with Crippen molar-refractivity contribution in [1.29, 1.82) is 0 Å². The van der Waals surface area contributed by atoms with Crippen LogP contribution in [0.3, 0.4) is 0 Å². The Morgan fingerprint density at radius 1 is 0.682 bits per heavy atom. The van der Waals surface area contributed by atoms with Gasteiger partial charge in [-0.3, -0.25) is 0 Å². The highest BCUT2D eigenvalue weighted by Crippen LogP contribution is 2.32. The van der Waals surface area contributed by atoms with Crippen LogP contribution in [0.4, 0.5) is 0 Å². The van der Waals surface area contributed by atoms with Crippen molar-refractivity contribution in [2.75, 3.05) is 0 Å². The Balaban J connectivity index is 1.75. The maximum absolute atomic E-state index is 5.58. The molecule has 0 aromatic heterocycles. The quantitative estimate of drug-likeness (QED) is 0.509. The first-order chi connectivity index (χ1) is 10.8. The Morgan fingerprint density at radius 2 is 1.23 bits per heavy atom. The molecule has 0 N–H and O–H groups in total. The van der Waals surface area contributed by atoms with E-state index in [1.54, 1.807) is 0 Å². The Morgan fingerprint density at radius 3 is 1.82 bits per heavy atom. The number of rotatable bonds is 4. The smallest absolute Gasteiger partial charge is 0.0636 e. The van der Waals surface area contributed by atoms with Crippen molar-refractivity contribution in [1.82, 2.24) is 0 Å². The molecule has 0 radical (unpaired) electrons. The van der Waals surface area contributed by atoms with Gasteiger partial charge in [0.25, 0.3) is 0 Å². The van der Waals surface area contributed by atoms with E-state index in [1.807, 2.05) is 30.3 Å². The fourth-order valence-electron chi connectivity index (χ4n) is 3.19. The van der Waals surface area contributed by atoms with Gasteiger partial charge in [0.2, 0.25) is 0 Å². The summed E-state index contributed by atoms with van der Waals surface area (Å²) < 4.78 is 0. The third-order valence-electron chi connectivity index (χ3n) is 4.49. The maximum Gasteiger partial charge on any atom is 0.0636 e. The summed E-state index contributed by atoms with van der Waals surface area (Å²) in [6.07, 6.45) is 6.77. The SMILES string of the molecule is S=C(C(=S)c1ccc(C2CCCCC2)cc1)c1ccccc1. The average molecular weight is 325 g/mol. The molecule has 1 aliphatic carbocycles. The van der Waals surface area contributed by atoms with E-state index in [9.17, 15) is 0 Å². The molecule has 0 saturated heterocycles. The average Bonchev–Trinajstić information content (AvgIpc) is 2.62. The zero-order valence-electron chi connectivity index (χ0n) is 12.6. The second kappa shape index (κ2) is 7.26. The summed E-state index contributed by atoms with van der Waals surface area (Å²) in [5.74, 6) is 0.734. The maximum atomic E-state index is 5.58. The first-order valence-electron chi connectivity index (χ1n) is 8.00. The molecule has 112 valence electrons. The van der Waals surface area contributed by atoms with Crippen molar-refractivity contribution < 1.29 is 0 Å². The summed E-state index contributed by atoms with van der Waals surface area (Å²) in [5, 5.41) is 0. The van der Waals surface area contributed by atoms with Crippen molar-refractivity contribution >= 4 is 34.2 Å². The van der Waals surface area contributed by atoms with Crippen LogP contribution in [0.1, 0.15) is 54.7 Å². The molecule has 22 heavy (non-hydrogen) atoms. The van der Waals surface area contributed by atoms with E-state index in [1.165, 1.54) is 37.7 Å². The summed E-state index contributed by atoms with van der Waals surface area (Å²) in [7, 11) is 0. The zero-order chi connectivity index (χ0) is 15.4. The Kier molecular flexibility index (Phi) is 5.12. The van der Waals surface area contributed by atoms with Crippen LogP contribution < -0.4 is 0 Å². The van der Waals surface area contributed by atoms with Crippen molar-refractivity contribution in [3.63, 3.8) is 0 Å². The summed E-state index contributed by atoms with van der Waals surface area (Å²) in [4.78, 5) is 1.54. The highest BCUT2D eigenvalue weighted by Gasteiger charge is 2.16. The predicted molar refractivity (Wildman–Crippen MR) is 102 cm³/mol. The fourth-order valence-corrected chi connectivity index (χ4v) is 3.70. The molecule has 1 saturated carbocycles. The second-order valence-corrected chi connectivity index (χ2v) is 6.80. The molecule has 0 nitrogen and oxygen atoms in total. The molecular weight excluding hydrogens is 304 g/mol. The monoisotopic (exact) mass is 324 g/mol. The minimum Gasteiger partial charge on any atom is -0.0778 e. The van der Waals surface area contributed by atoms with E-state index in [4.69, 9.17) is 24.4 Å². The molecule has 0 unspecified atom stereocenters. The third kappa shape index (κ3) is 3.50. The lowest BCUT2D eigenvalue weighted by Gasteiger charge is -2.22. The Labute approximate surface area is 143 Å². The molecule has 1 aliphatic rings. The van der Waals surface area contributed by atoms with Gasteiger partial charge in [-0.25, -0.2) is 0 Å². The van der Waals surface area contributed by atoms with E-state index >= 15 is 0 Å². The molecular formula is C20H20S2. The van der Waals surface area contributed by atoms with Gasteiger partial charge >= 0.3 is 0 Å². The summed E-state index contributed by atoms with van der Waals surface area (Å²) >= 11 is 11.1. The third-order valence-corrected chi connectivity index (χ3v) is 5.50. The molecule has 0 bridgehead atoms. The van der Waals surface area contributed by atoms with Crippen LogP contribution in [0.2, 0.25) is 0 Å². The summed E-state index contributed by atoms with van der Waals surface area (Å²) in [5.41, 5.74) is 3.54. The number of benzene rings is 2. The molecule has 0 spiro atoms. The van der Waals surface area contributed by atoms with Gasteiger partial charge in [-0.15, -0.1) is 0 Å². The first-order valence-corrected chi connectivity index (χ1v) is 8.81. The predicted octanol–water partition coefficient (Wildman–Crippen LogP) is 5.87. The highest BCUT2D eigenvalue weighted by molar-refractivity contribution is 7.90. The molecule has 0 amide bonds. The van der Waals surface area contributed by atoms with Crippen LogP contribution in [0.5, 0.6) is 0 Å². The van der Waals surface area contributed by atoms with Gasteiger partial charge in [-0.2, -0.15) is 0 Å². The van der Waals surface area contributed by atoms with Crippen LogP contribution in [0.25, 0.3) is 0 Å². The normalized spacial score (nSPS) is 15.5. The molecule has 2 aromatic rings. The van der Waals surface area contributed by atoms with E-state index in [2.05, 4.69) is 24.3 Å². The van der Waals surface area contributed by atoms with Gasteiger partial charge in [-0.05, 0) is 35.4 Å². The first kappa shape index (κ1) is 15.5. The van der Waals surface area contributed by atoms with Gasteiger partial charge in [0.15, 0.2) is 0 Å². The standard InChI is InChI=1S/C20H20S2/c21-19(17-9-5-2-6-10-17)20(22)18-13-11-16(12-14-18)15-7-3-1-4-8-15/h2,5-6,9-15H,1,3-4,7-8H2. The molecule has 1 fully saturated rings.